The van der Waals surface area contributed by atoms with Gasteiger partial charge in [0.05, 0.1) is 23.6 Å². The summed E-state index contributed by atoms with van der Waals surface area (Å²) in [5, 5.41) is 8.39. The molecule has 108 valence electrons. The average Bonchev–Trinajstić information content (AvgIpc) is 2.46. The third-order valence-electron chi connectivity index (χ3n) is 2.59. The number of carbonyl (C=O) groups excluding carboxylic acids is 1. The maximum atomic E-state index is 12.1. The molecular weight excluding hydrogens is 280 g/mol. The van der Waals surface area contributed by atoms with Crippen molar-refractivity contribution in [3.05, 3.63) is 29.8 Å². The van der Waals surface area contributed by atoms with Crippen LogP contribution >= 0.6 is 0 Å². The molecule has 0 radical (unpaired) electrons. The summed E-state index contributed by atoms with van der Waals surface area (Å²) in [5.74, 6) is -0.699. The lowest BCUT2D eigenvalue weighted by atomic mass is 10.2. The van der Waals surface area contributed by atoms with Gasteiger partial charge < -0.3 is 4.74 Å². The molecule has 0 aliphatic carbocycles. The molecule has 1 rings (SSSR count). The van der Waals surface area contributed by atoms with E-state index in [1.54, 1.807) is 6.07 Å². The van der Waals surface area contributed by atoms with Gasteiger partial charge in [0, 0.05) is 13.0 Å². The zero-order valence-corrected chi connectivity index (χ0v) is 11.9. The van der Waals surface area contributed by atoms with E-state index >= 15 is 0 Å². The molecule has 6 nitrogen and oxygen atoms in total. The molecule has 0 saturated carbocycles. The number of unbranched alkanes of at least 4 members (excludes halogenated alkanes) is 2. The van der Waals surface area contributed by atoms with Crippen molar-refractivity contribution >= 4 is 16.0 Å². The molecule has 0 saturated heterocycles. The highest BCUT2D eigenvalue weighted by atomic mass is 32.2. The number of esters is 1. The lowest BCUT2D eigenvalue weighted by Crippen LogP contribution is -2.26. The van der Waals surface area contributed by atoms with Crippen LogP contribution in [0.5, 0.6) is 0 Å². The van der Waals surface area contributed by atoms with Crippen LogP contribution in [0.4, 0.5) is 0 Å². The van der Waals surface area contributed by atoms with Crippen LogP contribution in [0, 0.1) is 11.3 Å². The van der Waals surface area contributed by atoms with Crippen molar-refractivity contribution in [3.63, 3.8) is 0 Å². The van der Waals surface area contributed by atoms with E-state index in [9.17, 15) is 13.2 Å². The Labute approximate surface area is 118 Å². The Kier molecular flexibility index (Phi) is 6.15. The van der Waals surface area contributed by atoms with Gasteiger partial charge >= 0.3 is 5.97 Å². The highest BCUT2D eigenvalue weighted by Crippen LogP contribution is 2.16. The van der Waals surface area contributed by atoms with Crippen molar-refractivity contribution in [1.82, 2.24) is 4.72 Å². The van der Waals surface area contributed by atoms with Crippen molar-refractivity contribution in [2.24, 2.45) is 0 Å². The molecule has 0 aliphatic heterocycles. The summed E-state index contributed by atoms with van der Waals surface area (Å²) < 4.78 is 31.2. The molecule has 0 spiro atoms. The number of rotatable bonds is 7. The van der Waals surface area contributed by atoms with Crippen LogP contribution in [0.25, 0.3) is 0 Å². The Balaban J connectivity index is 2.83. The number of carbonyl (C=O) groups is 1. The molecule has 7 heteroatoms. The van der Waals surface area contributed by atoms with Crippen LogP contribution in [0.3, 0.4) is 0 Å². The van der Waals surface area contributed by atoms with E-state index in [0.29, 0.717) is 19.3 Å². The number of nitrogens with zero attached hydrogens (tertiary/aromatic N) is 1. The first-order chi connectivity index (χ1) is 9.53. The number of ether oxygens (including phenoxy) is 1. The number of methoxy groups -OCH3 is 1. The van der Waals surface area contributed by atoms with Crippen molar-refractivity contribution < 1.29 is 17.9 Å². The number of hydrogen-bond donors (Lipinski definition) is 1. The largest absolute Gasteiger partial charge is 0.465 e. The van der Waals surface area contributed by atoms with Gasteiger partial charge in [-0.3, -0.25) is 0 Å². The van der Waals surface area contributed by atoms with Gasteiger partial charge in [0.15, 0.2) is 0 Å². The van der Waals surface area contributed by atoms with E-state index in [2.05, 4.69) is 9.46 Å². The van der Waals surface area contributed by atoms with E-state index in [-0.39, 0.29) is 17.0 Å². The third-order valence-corrected chi connectivity index (χ3v) is 4.11. The maximum Gasteiger partial charge on any atom is 0.339 e. The zero-order chi connectivity index (χ0) is 15.0. The minimum atomic E-state index is -3.77. The fraction of sp³-hybridized carbons (Fsp3) is 0.385. The van der Waals surface area contributed by atoms with Crippen LogP contribution in [-0.2, 0) is 14.8 Å². The van der Waals surface area contributed by atoms with Gasteiger partial charge in [0.1, 0.15) is 0 Å². The maximum absolute atomic E-state index is 12.1. The van der Waals surface area contributed by atoms with Crippen molar-refractivity contribution in [3.8, 4) is 6.07 Å². The minimum absolute atomic E-state index is 0.000440. The van der Waals surface area contributed by atoms with E-state index < -0.39 is 16.0 Å². The zero-order valence-electron chi connectivity index (χ0n) is 11.1. The lowest BCUT2D eigenvalue weighted by Gasteiger charge is -2.09. The summed E-state index contributed by atoms with van der Waals surface area (Å²) in [6, 6.07) is 7.85. The molecule has 0 aromatic heterocycles. The summed E-state index contributed by atoms with van der Waals surface area (Å²) >= 11 is 0. The summed E-state index contributed by atoms with van der Waals surface area (Å²) in [7, 11) is -2.57. The van der Waals surface area contributed by atoms with E-state index in [0.717, 1.165) is 0 Å². The van der Waals surface area contributed by atoms with Crippen LogP contribution in [0.1, 0.15) is 29.6 Å². The molecule has 1 aromatic carbocycles. The quantitative estimate of drug-likeness (QED) is 0.606. The molecule has 1 N–H and O–H groups in total. The fourth-order valence-electron chi connectivity index (χ4n) is 1.59. The molecular formula is C13H16N2O4S. The number of benzene rings is 1. The Hall–Kier alpha value is -1.91. The fourth-order valence-corrected chi connectivity index (χ4v) is 2.86. The molecule has 1 aromatic rings. The molecule has 0 atom stereocenters. The van der Waals surface area contributed by atoms with Crippen LogP contribution in [0.2, 0.25) is 0 Å². The standard InChI is InChI=1S/C13H16N2O4S/c1-19-13(16)11-7-3-4-8-12(11)20(17,18)15-10-6-2-5-9-14/h3-4,7-8,15H,2,5-6,10H2,1H3. The second-order valence-electron chi connectivity index (χ2n) is 4.00. The van der Waals surface area contributed by atoms with Crippen LogP contribution in [-0.4, -0.2) is 28.0 Å². The lowest BCUT2D eigenvalue weighted by molar-refractivity contribution is 0.0596. The van der Waals surface area contributed by atoms with Gasteiger partial charge in [-0.1, -0.05) is 12.1 Å². The number of sulfonamides is 1. The van der Waals surface area contributed by atoms with Crippen molar-refractivity contribution in [2.75, 3.05) is 13.7 Å². The van der Waals surface area contributed by atoms with Crippen molar-refractivity contribution in [2.45, 2.75) is 24.2 Å². The van der Waals surface area contributed by atoms with Gasteiger partial charge in [-0.25, -0.2) is 17.9 Å². The summed E-state index contributed by atoms with van der Waals surface area (Å²) in [5.41, 5.74) is -0.000440. The average molecular weight is 296 g/mol. The second kappa shape index (κ2) is 7.62. The predicted octanol–water partition coefficient (Wildman–Crippen LogP) is 1.45. The Bertz CT molecular complexity index is 605. The van der Waals surface area contributed by atoms with E-state index in [1.807, 2.05) is 6.07 Å². The Morgan fingerprint density at radius 1 is 1.35 bits per heavy atom. The minimum Gasteiger partial charge on any atom is -0.465 e. The highest BCUT2D eigenvalue weighted by molar-refractivity contribution is 7.89. The number of nitrogens with one attached hydrogen (secondary N) is 1. The first kappa shape index (κ1) is 16.1. The molecule has 0 amide bonds. The molecule has 0 bridgehead atoms. The Morgan fingerprint density at radius 3 is 2.70 bits per heavy atom. The normalized spacial score (nSPS) is 10.8. The summed E-state index contributed by atoms with van der Waals surface area (Å²) in [6.07, 6.45) is 1.57. The summed E-state index contributed by atoms with van der Waals surface area (Å²) in [4.78, 5) is 11.4. The van der Waals surface area contributed by atoms with Gasteiger partial charge in [-0.05, 0) is 25.0 Å². The first-order valence-corrected chi connectivity index (χ1v) is 7.55. The van der Waals surface area contributed by atoms with Gasteiger partial charge in [0.2, 0.25) is 10.0 Å². The second-order valence-corrected chi connectivity index (χ2v) is 5.74. The molecule has 0 fully saturated rings. The number of hydrogen-bond acceptors (Lipinski definition) is 5. The van der Waals surface area contributed by atoms with Gasteiger partial charge in [-0.15, -0.1) is 0 Å². The molecule has 0 aliphatic rings. The third kappa shape index (κ3) is 4.33. The van der Waals surface area contributed by atoms with Crippen molar-refractivity contribution in [1.29, 1.82) is 5.26 Å². The molecule has 0 unspecified atom stereocenters. The highest BCUT2D eigenvalue weighted by Gasteiger charge is 2.21. The van der Waals surface area contributed by atoms with Crippen LogP contribution < -0.4 is 4.72 Å². The monoisotopic (exact) mass is 296 g/mol. The molecule has 0 heterocycles. The van der Waals surface area contributed by atoms with E-state index in [1.165, 1.54) is 25.3 Å². The smallest absolute Gasteiger partial charge is 0.339 e. The number of nitriles is 1. The first-order valence-electron chi connectivity index (χ1n) is 6.07. The SMILES string of the molecule is COC(=O)c1ccccc1S(=O)(=O)NCCCCC#N. The summed E-state index contributed by atoms with van der Waals surface area (Å²) in [6.45, 7) is 0.222. The molecule has 20 heavy (non-hydrogen) atoms. The Morgan fingerprint density at radius 2 is 2.05 bits per heavy atom. The topological polar surface area (TPSA) is 96.3 Å². The van der Waals surface area contributed by atoms with E-state index in [4.69, 9.17) is 5.26 Å². The predicted molar refractivity (Wildman–Crippen MR) is 72.4 cm³/mol. The van der Waals surface area contributed by atoms with Gasteiger partial charge in [-0.2, -0.15) is 5.26 Å². The van der Waals surface area contributed by atoms with Crippen LogP contribution in [0.15, 0.2) is 29.2 Å². The van der Waals surface area contributed by atoms with Gasteiger partial charge in [0.25, 0.3) is 0 Å².